The first-order valence-electron chi connectivity index (χ1n) is 4.73. The molecule has 2 rings (SSSR count). The highest BCUT2D eigenvalue weighted by molar-refractivity contribution is 6.00. The van der Waals surface area contributed by atoms with E-state index in [0.717, 1.165) is 11.1 Å². The summed E-state index contributed by atoms with van der Waals surface area (Å²) in [5.74, 6) is 0.504. The lowest BCUT2D eigenvalue weighted by molar-refractivity contribution is 0.101. The lowest BCUT2D eigenvalue weighted by atomic mass is 10.0. The molecule has 0 unspecified atom stereocenters. The molecule has 0 aliphatic rings. The molecule has 0 atom stereocenters. The maximum Gasteiger partial charge on any atom is 0.176 e. The summed E-state index contributed by atoms with van der Waals surface area (Å²) in [6, 6.07) is 11.5. The number of nitrogens with two attached hydrogens (primary N) is 1. The van der Waals surface area contributed by atoms with E-state index in [9.17, 15) is 4.79 Å². The molecule has 15 heavy (non-hydrogen) atoms. The molecule has 2 aromatic rings. The second-order valence-electron chi connectivity index (χ2n) is 3.44. The van der Waals surface area contributed by atoms with E-state index >= 15 is 0 Å². The fourth-order valence-electron chi connectivity index (χ4n) is 1.60. The van der Waals surface area contributed by atoms with E-state index < -0.39 is 0 Å². The average Bonchev–Trinajstić information content (AvgIpc) is 2.62. The van der Waals surface area contributed by atoms with Gasteiger partial charge >= 0.3 is 0 Å². The zero-order valence-corrected chi connectivity index (χ0v) is 8.45. The molecule has 1 aromatic heterocycles. The van der Waals surface area contributed by atoms with Gasteiger partial charge in [-0.05, 0) is 11.6 Å². The van der Waals surface area contributed by atoms with Gasteiger partial charge < -0.3 is 10.7 Å². The molecule has 0 amide bonds. The van der Waals surface area contributed by atoms with Crippen molar-refractivity contribution in [2.75, 3.05) is 5.73 Å². The first kappa shape index (κ1) is 9.52. The van der Waals surface area contributed by atoms with Crippen LogP contribution in [0.3, 0.4) is 0 Å². The van der Waals surface area contributed by atoms with Crippen molar-refractivity contribution in [3.63, 3.8) is 0 Å². The van der Waals surface area contributed by atoms with Gasteiger partial charge in [0, 0.05) is 12.5 Å². The zero-order chi connectivity index (χ0) is 10.8. The van der Waals surface area contributed by atoms with Gasteiger partial charge in [-0.1, -0.05) is 30.3 Å². The summed E-state index contributed by atoms with van der Waals surface area (Å²) in [6.07, 6.45) is 0. The SMILES string of the molecule is CC(=O)c1[nH]c(N)cc1-c1ccccc1. The summed E-state index contributed by atoms with van der Waals surface area (Å²) in [6.45, 7) is 1.53. The lowest BCUT2D eigenvalue weighted by Gasteiger charge is -1.99. The normalized spacial score (nSPS) is 10.2. The third-order valence-electron chi connectivity index (χ3n) is 2.28. The number of benzene rings is 1. The molecule has 0 saturated heterocycles. The highest BCUT2D eigenvalue weighted by atomic mass is 16.1. The number of carbonyl (C=O) groups excluding carboxylic acids is 1. The number of aromatic nitrogens is 1. The number of ketones is 1. The van der Waals surface area contributed by atoms with Crippen LogP contribution in [0.25, 0.3) is 11.1 Å². The van der Waals surface area contributed by atoms with Gasteiger partial charge in [0.15, 0.2) is 5.78 Å². The van der Waals surface area contributed by atoms with Crippen LogP contribution in [0.4, 0.5) is 5.82 Å². The van der Waals surface area contributed by atoms with Crippen LogP contribution in [0, 0.1) is 0 Å². The van der Waals surface area contributed by atoms with Crippen molar-refractivity contribution in [3.05, 3.63) is 42.1 Å². The van der Waals surface area contributed by atoms with Crippen molar-refractivity contribution < 1.29 is 4.79 Å². The quantitative estimate of drug-likeness (QED) is 0.731. The Morgan fingerprint density at radius 1 is 1.27 bits per heavy atom. The van der Waals surface area contributed by atoms with E-state index in [1.807, 2.05) is 30.3 Å². The van der Waals surface area contributed by atoms with Crippen LogP contribution in [0.5, 0.6) is 0 Å². The molecule has 0 saturated carbocycles. The average molecular weight is 200 g/mol. The van der Waals surface area contributed by atoms with Crippen molar-refractivity contribution >= 4 is 11.6 Å². The predicted molar refractivity (Wildman–Crippen MR) is 60.6 cm³/mol. The summed E-state index contributed by atoms with van der Waals surface area (Å²) in [5.41, 5.74) is 8.07. The van der Waals surface area contributed by atoms with Crippen molar-refractivity contribution in [1.82, 2.24) is 4.98 Å². The van der Waals surface area contributed by atoms with Gasteiger partial charge in [-0.3, -0.25) is 4.79 Å². The second-order valence-corrected chi connectivity index (χ2v) is 3.44. The molecule has 0 aliphatic heterocycles. The van der Waals surface area contributed by atoms with E-state index in [-0.39, 0.29) is 5.78 Å². The Kier molecular flexibility index (Phi) is 2.29. The molecular weight excluding hydrogens is 188 g/mol. The van der Waals surface area contributed by atoms with Crippen LogP contribution in [-0.4, -0.2) is 10.8 Å². The third-order valence-corrected chi connectivity index (χ3v) is 2.28. The topological polar surface area (TPSA) is 58.9 Å². The molecule has 0 radical (unpaired) electrons. The summed E-state index contributed by atoms with van der Waals surface area (Å²) in [4.78, 5) is 14.2. The number of nitrogen functional groups attached to an aromatic ring is 1. The standard InChI is InChI=1S/C12H12N2O/c1-8(15)12-10(7-11(13)14-12)9-5-3-2-4-6-9/h2-7,14H,13H2,1H3. The van der Waals surface area contributed by atoms with E-state index in [4.69, 9.17) is 5.73 Å². The van der Waals surface area contributed by atoms with Crippen LogP contribution in [0.15, 0.2) is 36.4 Å². The number of H-pyrrole nitrogens is 1. The number of anilines is 1. The van der Waals surface area contributed by atoms with Crippen molar-refractivity contribution in [3.8, 4) is 11.1 Å². The molecule has 3 N–H and O–H groups in total. The molecule has 3 nitrogen and oxygen atoms in total. The van der Waals surface area contributed by atoms with E-state index in [0.29, 0.717) is 11.5 Å². The Morgan fingerprint density at radius 3 is 2.53 bits per heavy atom. The van der Waals surface area contributed by atoms with E-state index in [1.165, 1.54) is 6.92 Å². The molecule has 1 heterocycles. The number of Topliss-reactive ketones (excluding diaryl/α,β-unsaturated/α-hetero) is 1. The van der Waals surface area contributed by atoms with Gasteiger partial charge in [-0.15, -0.1) is 0 Å². The number of hydrogen-bond donors (Lipinski definition) is 2. The minimum absolute atomic E-state index is 0.00875. The van der Waals surface area contributed by atoms with Gasteiger partial charge in [0.1, 0.15) is 5.82 Å². The van der Waals surface area contributed by atoms with Gasteiger partial charge in [-0.25, -0.2) is 0 Å². The number of aromatic amines is 1. The van der Waals surface area contributed by atoms with Gasteiger partial charge in [0.2, 0.25) is 0 Å². The van der Waals surface area contributed by atoms with Crippen LogP contribution in [0.1, 0.15) is 17.4 Å². The van der Waals surface area contributed by atoms with Gasteiger partial charge in [0.25, 0.3) is 0 Å². The van der Waals surface area contributed by atoms with Crippen molar-refractivity contribution in [2.24, 2.45) is 0 Å². The Labute approximate surface area is 87.9 Å². The Balaban J connectivity index is 2.58. The number of nitrogens with one attached hydrogen (secondary N) is 1. The van der Waals surface area contributed by atoms with Crippen LogP contribution in [-0.2, 0) is 0 Å². The smallest absolute Gasteiger partial charge is 0.176 e. The van der Waals surface area contributed by atoms with Crippen molar-refractivity contribution in [2.45, 2.75) is 6.92 Å². The Morgan fingerprint density at radius 2 is 1.93 bits per heavy atom. The number of rotatable bonds is 2. The van der Waals surface area contributed by atoms with Crippen molar-refractivity contribution in [1.29, 1.82) is 0 Å². The highest BCUT2D eigenvalue weighted by Gasteiger charge is 2.11. The molecule has 76 valence electrons. The first-order valence-corrected chi connectivity index (χ1v) is 4.73. The molecule has 1 aromatic carbocycles. The number of hydrogen-bond acceptors (Lipinski definition) is 2. The van der Waals surface area contributed by atoms with E-state index in [2.05, 4.69) is 4.98 Å². The molecule has 0 bridgehead atoms. The van der Waals surface area contributed by atoms with Crippen LogP contribution >= 0.6 is 0 Å². The summed E-state index contributed by atoms with van der Waals surface area (Å²) in [5, 5.41) is 0. The third kappa shape index (κ3) is 1.76. The first-order chi connectivity index (χ1) is 7.18. The van der Waals surface area contributed by atoms with Gasteiger partial charge in [0.05, 0.1) is 5.69 Å². The molecule has 0 spiro atoms. The molecule has 0 aliphatic carbocycles. The number of carbonyl (C=O) groups is 1. The fraction of sp³-hybridized carbons (Fsp3) is 0.0833. The molecule has 0 fully saturated rings. The summed E-state index contributed by atoms with van der Waals surface area (Å²) >= 11 is 0. The fourth-order valence-corrected chi connectivity index (χ4v) is 1.60. The zero-order valence-electron chi connectivity index (χ0n) is 8.45. The molecule has 3 heteroatoms. The maximum atomic E-state index is 11.4. The lowest BCUT2D eigenvalue weighted by Crippen LogP contribution is -1.95. The van der Waals surface area contributed by atoms with Gasteiger partial charge in [-0.2, -0.15) is 0 Å². The minimum Gasteiger partial charge on any atom is -0.385 e. The predicted octanol–water partition coefficient (Wildman–Crippen LogP) is 2.47. The Hall–Kier alpha value is -2.03. The Bertz CT molecular complexity index is 486. The monoisotopic (exact) mass is 200 g/mol. The highest BCUT2D eigenvalue weighted by Crippen LogP contribution is 2.25. The largest absolute Gasteiger partial charge is 0.385 e. The van der Waals surface area contributed by atoms with Crippen LogP contribution < -0.4 is 5.73 Å². The van der Waals surface area contributed by atoms with E-state index in [1.54, 1.807) is 6.07 Å². The minimum atomic E-state index is -0.00875. The second kappa shape index (κ2) is 3.61. The maximum absolute atomic E-state index is 11.4. The molecular formula is C12H12N2O. The summed E-state index contributed by atoms with van der Waals surface area (Å²) in [7, 11) is 0. The summed E-state index contributed by atoms with van der Waals surface area (Å²) < 4.78 is 0. The van der Waals surface area contributed by atoms with Crippen LogP contribution in [0.2, 0.25) is 0 Å².